The standard InChI is InChI=1S/C21H27N3O3S/c1-27-17-7-4-6-16(14-17)18(24-11-2-3-12-24)15-23-20(25)9-10-22-21(26)19-8-5-13-28-19/h4-8,13-14,18H,2-3,9-12,15H2,1H3,(H,22,26)(H,23,25)/t18-/m0/s1. The Hall–Kier alpha value is -2.38. The topological polar surface area (TPSA) is 70.7 Å². The number of ether oxygens (including phenoxy) is 1. The van der Waals surface area contributed by atoms with Gasteiger partial charge in [-0.25, -0.2) is 0 Å². The molecule has 3 rings (SSSR count). The van der Waals surface area contributed by atoms with E-state index in [1.54, 1.807) is 13.2 Å². The maximum absolute atomic E-state index is 12.3. The first-order valence-corrected chi connectivity index (χ1v) is 10.5. The molecule has 1 saturated heterocycles. The lowest BCUT2D eigenvalue weighted by molar-refractivity contribution is -0.121. The molecule has 2 N–H and O–H groups in total. The monoisotopic (exact) mass is 401 g/mol. The van der Waals surface area contributed by atoms with Crippen molar-refractivity contribution in [3.63, 3.8) is 0 Å². The van der Waals surface area contributed by atoms with Crippen molar-refractivity contribution in [2.75, 3.05) is 33.3 Å². The van der Waals surface area contributed by atoms with Crippen molar-refractivity contribution in [1.29, 1.82) is 0 Å². The van der Waals surface area contributed by atoms with E-state index in [1.165, 1.54) is 24.2 Å². The van der Waals surface area contributed by atoms with Gasteiger partial charge in [0.05, 0.1) is 18.0 Å². The van der Waals surface area contributed by atoms with Gasteiger partial charge in [-0.15, -0.1) is 11.3 Å². The first-order chi connectivity index (χ1) is 13.7. The van der Waals surface area contributed by atoms with Gasteiger partial charge in [0.15, 0.2) is 0 Å². The molecule has 1 aliphatic rings. The van der Waals surface area contributed by atoms with Crippen LogP contribution in [0.4, 0.5) is 0 Å². The van der Waals surface area contributed by atoms with Crippen LogP contribution in [0.1, 0.15) is 40.5 Å². The number of nitrogens with one attached hydrogen (secondary N) is 2. The second-order valence-corrected chi connectivity index (χ2v) is 7.77. The average molecular weight is 402 g/mol. The lowest BCUT2D eigenvalue weighted by Crippen LogP contribution is -2.38. The molecule has 1 aromatic carbocycles. The van der Waals surface area contributed by atoms with Crippen LogP contribution >= 0.6 is 11.3 Å². The highest BCUT2D eigenvalue weighted by molar-refractivity contribution is 7.12. The zero-order valence-electron chi connectivity index (χ0n) is 16.1. The third-order valence-electron chi connectivity index (χ3n) is 4.94. The molecule has 0 saturated carbocycles. The number of hydrogen-bond acceptors (Lipinski definition) is 5. The van der Waals surface area contributed by atoms with Gasteiger partial charge in [0.25, 0.3) is 5.91 Å². The maximum Gasteiger partial charge on any atom is 0.261 e. The summed E-state index contributed by atoms with van der Waals surface area (Å²) in [5, 5.41) is 7.68. The molecule has 28 heavy (non-hydrogen) atoms. The molecule has 2 amide bonds. The Morgan fingerprint density at radius 2 is 2.00 bits per heavy atom. The highest BCUT2D eigenvalue weighted by Crippen LogP contribution is 2.27. The molecular weight excluding hydrogens is 374 g/mol. The van der Waals surface area contributed by atoms with Crippen molar-refractivity contribution in [2.24, 2.45) is 0 Å². The first-order valence-electron chi connectivity index (χ1n) is 9.64. The number of benzene rings is 1. The van der Waals surface area contributed by atoms with Crippen LogP contribution in [-0.2, 0) is 4.79 Å². The van der Waals surface area contributed by atoms with Crippen LogP contribution < -0.4 is 15.4 Å². The second kappa shape index (κ2) is 10.2. The summed E-state index contributed by atoms with van der Waals surface area (Å²) >= 11 is 1.39. The highest BCUT2D eigenvalue weighted by Gasteiger charge is 2.24. The van der Waals surface area contributed by atoms with Crippen LogP contribution in [-0.4, -0.2) is 50.0 Å². The van der Waals surface area contributed by atoms with Crippen LogP contribution in [0.3, 0.4) is 0 Å². The summed E-state index contributed by atoms with van der Waals surface area (Å²) in [4.78, 5) is 27.3. The lowest BCUT2D eigenvalue weighted by atomic mass is 10.0. The molecule has 0 aliphatic carbocycles. The number of carbonyl (C=O) groups excluding carboxylic acids is 2. The summed E-state index contributed by atoms with van der Waals surface area (Å²) in [6.45, 7) is 2.95. The number of carbonyl (C=O) groups is 2. The van der Waals surface area contributed by atoms with E-state index in [4.69, 9.17) is 4.74 Å². The molecule has 1 fully saturated rings. The second-order valence-electron chi connectivity index (χ2n) is 6.82. The van der Waals surface area contributed by atoms with Gasteiger partial charge in [0.1, 0.15) is 5.75 Å². The Kier molecular flexibility index (Phi) is 7.45. The minimum Gasteiger partial charge on any atom is -0.497 e. The number of rotatable bonds is 9. The van der Waals surface area contributed by atoms with Gasteiger partial charge in [0.2, 0.25) is 5.91 Å². The number of thiophene rings is 1. The normalized spacial score (nSPS) is 15.2. The van der Waals surface area contributed by atoms with E-state index in [9.17, 15) is 9.59 Å². The van der Waals surface area contributed by atoms with Crippen molar-refractivity contribution in [2.45, 2.75) is 25.3 Å². The molecule has 1 aliphatic heterocycles. The number of amides is 2. The van der Waals surface area contributed by atoms with Gasteiger partial charge in [-0.2, -0.15) is 0 Å². The van der Waals surface area contributed by atoms with Gasteiger partial charge in [-0.3, -0.25) is 14.5 Å². The predicted octanol–water partition coefficient (Wildman–Crippen LogP) is 2.83. The molecule has 6 nitrogen and oxygen atoms in total. The number of likely N-dealkylation sites (tertiary alicyclic amines) is 1. The predicted molar refractivity (Wildman–Crippen MR) is 111 cm³/mol. The van der Waals surface area contributed by atoms with Crippen LogP contribution in [0.5, 0.6) is 5.75 Å². The number of methoxy groups -OCH3 is 1. The smallest absolute Gasteiger partial charge is 0.261 e. The Balaban J connectivity index is 1.51. The summed E-state index contributed by atoms with van der Waals surface area (Å²) in [6.07, 6.45) is 2.63. The molecule has 1 atom stereocenters. The SMILES string of the molecule is COc1cccc([C@H](CNC(=O)CCNC(=O)c2cccs2)N2CCCC2)c1. The summed E-state index contributed by atoms with van der Waals surface area (Å²) in [5.74, 6) is 0.636. The van der Waals surface area contributed by atoms with Crippen molar-refractivity contribution in [3.8, 4) is 5.75 Å². The summed E-state index contributed by atoms with van der Waals surface area (Å²) in [6, 6.07) is 11.8. The Bertz CT molecular complexity index is 773. The molecule has 150 valence electrons. The van der Waals surface area contributed by atoms with E-state index in [0.29, 0.717) is 18.0 Å². The Morgan fingerprint density at radius 3 is 2.71 bits per heavy atom. The molecule has 2 heterocycles. The Labute approximate surface area is 169 Å². The van der Waals surface area contributed by atoms with Crippen LogP contribution in [0.25, 0.3) is 0 Å². The van der Waals surface area contributed by atoms with E-state index in [-0.39, 0.29) is 24.3 Å². The minimum absolute atomic E-state index is 0.0569. The third-order valence-corrected chi connectivity index (χ3v) is 5.80. The molecular formula is C21H27N3O3S. The third kappa shape index (κ3) is 5.56. The quantitative estimate of drug-likeness (QED) is 0.678. The van der Waals surface area contributed by atoms with E-state index in [0.717, 1.165) is 24.4 Å². The van der Waals surface area contributed by atoms with Gasteiger partial charge < -0.3 is 15.4 Å². The van der Waals surface area contributed by atoms with E-state index >= 15 is 0 Å². The summed E-state index contributed by atoms with van der Waals surface area (Å²) in [7, 11) is 1.66. The van der Waals surface area contributed by atoms with Crippen molar-refractivity contribution < 1.29 is 14.3 Å². The molecule has 1 aromatic heterocycles. The van der Waals surface area contributed by atoms with Gasteiger partial charge >= 0.3 is 0 Å². The average Bonchev–Trinajstić information content (AvgIpc) is 3.42. The van der Waals surface area contributed by atoms with Gasteiger partial charge in [-0.05, 0) is 55.1 Å². The molecule has 0 radical (unpaired) electrons. The molecule has 0 unspecified atom stereocenters. The molecule has 0 bridgehead atoms. The van der Waals surface area contributed by atoms with Crippen LogP contribution in [0, 0.1) is 0 Å². The first kappa shape index (κ1) is 20.4. The zero-order valence-corrected chi connectivity index (χ0v) is 17.0. The zero-order chi connectivity index (χ0) is 19.8. The Morgan fingerprint density at radius 1 is 1.18 bits per heavy atom. The molecule has 0 spiro atoms. The fourth-order valence-electron chi connectivity index (χ4n) is 3.44. The van der Waals surface area contributed by atoms with E-state index in [1.807, 2.05) is 29.6 Å². The fraction of sp³-hybridized carbons (Fsp3) is 0.429. The lowest BCUT2D eigenvalue weighted by Gasteiger charge is -2.28. The summed E-state index contributed by atoms with van der Waals surface area (Å²) < 4.78 is 5.35. The number of hydrogen-bond donors (Lipinski definition) is 2. The van der Waals surface area contributed by atoms with Crippen molar-refractivity contribution >= 4 is 23.2 Å². The van der Waals surface area contributed by atoms with Gasteiger partial charge in [-0.1, -0.05) is 18.2 Å². The van der Waals surface area contributed by atoms with E-state index in [2.05, 4.69) is 21.6 Å². The van der Waals surface area contributed by atoms with Gasteiger partial charge in [0, 0.05) is 19.5 Å². The van der Waals surface area contributed by atoms with Crippen molar-refractivity contribution in [3.05, 3.63) is 52.2 Å². The summed E-state index contributed by atoms with van der Waals surface area (Å²) in [5.41, 5.74) is 1.15. The fourth-order valence-corrected chi connectivity index (χ4v) is 4.08. The molecule has 7 heteroatoms. The van der Waals surface area contributed by atoms with E-state index < -0.39 is 0 Å². The van der Waals surface area contributed by atoms with Crippen molar-refractivity contribution in [1.82, 2.24) is 15.5 Å². The minimum atomic E-state index is -0.130. The highest BCUT2D eigenvalue weighted by atomic mass is 32.1. The van der Waals surface area contributed by atoms with Crippen LogP contribution in [0.15, 0.2) is 41.8 Å². The number of nitrogens with zero attached hydrogens (tertiary/aromatic N) is 1. The van der Waals surface area contributed by atoms with Crippen LogP contribution in [0.2, 0.25) is 0 Å². The molecule has 2 aromatic rings. The largest absolute Gasteiger partial charge is 0.497 e. The maximum atomic E-state index is 12.3.